The van der Waals surface area contributed by atoms with Crippen LogP contribution in [0.5, 0.6) is 0 Å². The van der Waals surface area contributed by atoms with E-state index in [1.165, 1.54) is 28.4 Å². The van der Waals surface area contributed by atoms with Crippen LogP contribution in [0.25, 0.3) is 0 Å². The van der Waals surface area contributed by atoms with Gasteiger partial charge in [0.1, 0.15) is 5.82 Å². The Balaban J connectivity index is 1.43. The molecule has 1 aromatic heterocycles. The molecule has 25 heavy (non-hydrogen) atoms. The van der Waals surface area contributed by atoms with Crippen LogP contribution in [-0.2, 0) is 27.4 Å². The Kier molecular flexibility index (Phi) is 4.22. The average Bonchev–Trinajstić information content (AvgIpc) is 3.18. The number of rotatable bonds is 3. The number of carbonyl (C=O) groups is 2. The fraction of sp³-hybridized carbons (Fsp3) is 0.353. The van der Waals surface area contributed by atoms with E-state index in [0.717, 1.165) is 17.0 Å². The van der Waals surface area contributed by atoms with E-state index in [-0.39, 0.29) is 30.6 Å². The third kappa shape index (κ3) is 3.27. The van der Waals surface area contributed by atoms with Crippen molar-refractivity contribution in [3.05, 3.63) is 40.7 Å². The van der Waals surface area contributed by atoms with Crippen molar-refractivity contribution in [2.24, 2.45) is 5.92 Å². The first kappa shape index (κ1) is 16.2. The number of ether oxygens (including phenoxy) is 1. The molecule has 8 heteroatoms. The number of nitrogens with zero attached hydrogens (tertiary/aromatic N) is 2. The minimum Gasteiger partial charge on any atom is -0.375 e. The van der Waals surface area contributed by atoms with Gasteiger partial charge in [0, 0.05) is 25.1 Å². The van der Waals surface area contributed by atoms with Crippen LogP contribution in [0.4, 0.5) is 15.2 Å². The fourth-order valence-electron chi connectivity index (χ4n) is 3.04. The number of hydrogen-bond acceptors (Lipinski definition) is 5. The van der Waals surface area contributed by atoms with E-state index in [2.05, 4.69) is 10.3 Å². The van der Waals surface area contributed by atoms with Crippen LogP contribution in [0.3, 0.4) is 0 Å². The summed E-state index contributed by atoms with van der Waals surface area (Å²) in [6.07, 6.45) is 0.888. The highest BCUT2D eigenvalue weighted by Crippen LogP contribution is 2.29. The summed E-state index contributed by atoms with van der Waals surface area (Å²) in [5, 5.41) is 3.37. The number of hydrogen-bond donors (Lipinski definition) is 1. The quantitative estimate of drug-likeness (QED) is 0.911. The third-order valence-electron chi connectivity index (χ3n) is 4.36. The largest absolute Gasteiger partial charge is 0.375 e. The van der Waals surface area contributed by atoms with Gasteiger partial charge in [-0.05, 0) is 24.3 Å². The monoisotopic (exact) mass is 361 g/mol. The molecule has 0 radical (unpaired) electrons. The zero-order chi connectivity index (χ0) is 17.4. The number of carbonyl (C=O) groups excluding carboxylic acids is 2. The second-order valence-corrected chi connectivity index (χ2v) is 7.15. The molecule has 1 saturated heterocycles. The van der Waals surface area contributed by atoms with Gasteiger partial charge in [-0.3, -0.25) is 9.59 Å². The summed E-state index contributed by atoms with van der Waals surface area (Å²) in [5.41, 5.74) is 1.57. The molecular weight excluding hydrogens is 345 g/mol. The normalized spacial score (nSPS) is 19.8. The molecule has 4 rings (SSSR count). The van der Waals surface area contributed by atoms with Gasteiger partial charge >= 0.3 is 0 Å². The first-order valence-corrected chi connectivity index (χ1v) is 8.85. The molecule has 2 aromatic rings. The van der Waals surface area contributed by atoms with Gasteiger partial charge in [0.25, 0.3) is 0 Å². The summed E-state index contributed by atoms with van der Waals surface area (Å²) in [6, 6.07) is 5.70. The number of aromatic nitrogens is 1. The Morgan fingerprint density at radius 2 is 2.16 bits per heavy atom. The van der Waals surface area contributed by atoms with E-state index in [1.54, 1.807) is 12.1 Å². The Hall–Kier alpha value is -2.32. The van der Waals surface area contributed by atoms with E-state index >= 15 is 0 Å². The number of anilines is 2. The minimum atomic E-state index is -0.449. The maximum absolute atomic E-state index is 13.0. The van der Waals surface area contributed by atoms with Crippen LogP contribution in [0.2, 0.25) is 0 Å². The summed E-state index contributed by atoms with van der Waals surface area (Å²) >= 11 is 1.41. The Bertz CT molecular complexity index is 798. The summed E-state index contributed by atoms with van der Waals surface area (Å²) in [5.74, 6) is -1.17. The molecule has 2 aliphatic heterocycles. The number of amides is 2. The maximum Gasteiger partial charge on any atom is 0.231 e. The van der Waals surface area contributed by atoms with Crippen LogP contribution in [0.15, 0.2) is 24.3 Å². The zero-order valence-corrected chi connectivity index (χ0v) is 14.1. The van der Waals surface area contributed by atoms with E-state index in [4.69, 9.17) is 4.74 Å². The fourth-order valence-corrected chi connectivity index (χ4v) is 3.99. The highest BCUT2D eigenvalue weighted by molar-refractivity contribution is 7.15. The van der Waals surface area contributed by atoms with Gasteiger partial charge in [-0.15, -0.1) is 0 Å². The predicted octanol–water partition coefficient (Wildman–Crippen LogP) is 2.35. The van der Waals surface area contributed by atoms with Crippen LogP contribution in [0, 0.1) is 11.7 Å². The van der Waals surface area contributed by atoms with E-state index in [0.29, 0.717) is 24.0 Å². The third-order valence-corrected chi connectivity index (χ3v) is 5.35. The van der Waals surface area contributed by atoms with Gasteiger partial charge < -0.3 is 15.0 Å². The molecule has 1 atom stereocenters. The number of thiazole rings is 1. The summed E-state index contributed by atoms with van der Waals surface area (Å²) in [6.45, 7) is 1.46. The lowest BCUT2D eigenvalue weighted by Crippen LogP contribution is -2.28. The van der Waals surface area contributed by atoms with Gasteiger partial charge in [0.05, 0.1) is 29.7 Å². The predicted molar refractivity (Wildman–Crippen MR) is 91.0 cm³/mol. The molecule has 3 heterocycles. The molecular formula is C17H16FN3O3S. The molecule has 0 aliphatic carbocycles. The lowest BCUT2D eigenvalue weighted by Gasteiger charge is -2.16. The van der Waals surface area contributed by atoms with Gasteiger partial charge in [-0.25, -0.2) is 9.37 Å². The maximum atomic E-state index is 13.0. The molecule has 2 aliphatic rings. The van der Waals surface area contributed by atoms with Gasteiger partial charge in [0.2, 0.25) is 11.8 Å². The number of halogens is 1. The van der Waals surface area contributed by atoms with E-state index in [9.17, 15) is 14.0 Å². The molecule has 0 saturated carbocycles. The number of fused-ring (bicyclic) bond motifs is 1. The molecule has 2 amide bonds. The Morgan fingerprint density at radius 3 is 2.92 bits per heavy atom. The van der Waals surface area contributed by atoms with Crippen molar-refractivity contribution in [3.8, 4) is 0 Å². The molecule has 1 fully saturated rings. The van der Waals surface area contributed by atoms with Gasteiger partial charge in [-0.2, -0.15) is 0 Å². The van der Waals surface area contributed by atoms with Crippen molar-refractivity contribution in [3.63, 3.8) is 0 Å². The van der Waals surface area contributed by atoms with Crippen LogP contribution in [-0.4, -0.2) is 29.9 Å². The summed E-state index contributed by atoms with van der Waals surface area (Å²) in [4.78, 5) is 31.7. The van der Waals surface area contributed by atoms with Crippen LogP contribution in [0.1, 0.15) is 17.0 Å². The number of nitrogens with one attached hydrogen (secondary N) is 1. The minimum absolute atomic E-state index is 0.136. The highest BCUT2D eigenvalue weighted by Gasteiger charge is 2.35. The number of benzene rings is 1. The average molecular weight is 361 g/mol. The van der Waals surface area contributed by atoms with Crippen molar-refractivity contribution >= 4 is 34.0 Å². The van der Waals surface area contributed by atoms with Crippen molar-refractivity contribution in [1.82, 2.24) is 4.98 Å². The van der Waals surface area contributed by atoms with Crippen molar-refractivity contribution in [2.45, 2.75) is 19.4 Å². The smallest absolute Gasteiger partial charge is 0.231 e. The lowest BCUT2D eigenvalue weighted by molar-refractivity contribution is -0.122. The van der Waals surface area contributed by atoms with Crippen LogP contribution < -0.4 is 10.2 Å². The molecule has 1 unspecified atom stereocenters. The van der Waals surface area contributed by atoms with Crippen molar-refractivity contribution in [2.75, 3.05) is 23.4 Å². The Morgan fingerprint density at radius 1 is 1.36 bits per heavy atom. The molecule has 0 bridgehead atoms. The molecule has 6 nitrogen and oxygen atoms in total. The van der Waals surface area contributed by atoms with E-state index in [1.807, 2.05) is 0 Å². The first-order valence-electron chi connectivity index (χ1n) is 8.03. The molecule has 0 spiro atoms. The molecule has 1 aromatic carbocycles. The summed E-state index contributed by atoms with van der Waals surface area (Å²) < 4.78 is 18.4. The SMILES string of the molecule is O=C(Nc1nc2c(s1)COCC2)C1CC(=O)N(c2ccc(F)cc2)C1. The summed E-state index contributed by atoms with van der Waals surface area (Å²) in [7, 11) is 0. The Labute approximate surface area is 147 Å². The standard InChI is InChI=1S/C17H16FN3O3S/c18-11-1-3-12(4-2-11)21-8-10(7-15(21)22)16(23)20-17-19-13-5-6-24-9-14(13)25-17/h1-4,10H,5-9H2,(H,19,20,23). The topological polar surface area (TPSA) is 71.5 Å². The van der Waals surface area contributed by atoms with E-state index < -0.39 is 5.92 Å². The second-order valence-electron chi connectivity index (χ2n) is 6.06. The molecule has 1 N–H and O–H groups in total. The van der Waals surface area contributed by atoms with Crippen molar-refractivity contribution < 1.29 is 18.7 Å². The first-order chi connectivity index (χ1) is 12.1. The zero-order valence-electron chi connectivity index (χ0n) is 13.3. The van der Waals surface area contributed by atoms with Crippen molar-refractivity contribution in [1.29, 1.82) is 0 Å². The van der Waals surface area contributed by atoms with Crippen LogP contribution >= 0.6 is 11.3 Å². The molecule has 130 valence electrons. The highest BCUT2D eigenvalue weighted by atomic mass is 32.1. The van der Waals surface area contributed by atoms with Gasteiger partial charge in [-0.1, -0.05) is 11.3 Å². The lowest BCUT2D eigenvalue weighted by atomic mass is 10.1. The van der Waals surface area contributed by atoms with Gasteiger partial charge in [0.15, 0.2) is 5.13 Å². The second kappa shape index (κ2) is 6.53.